The number of nitrogens with one attached hydrogen (secondary N) is 1. The molecule has 0 unspecified atom stereocenters. The van der Waals surface area contributed by atoms with Gasteiger partial charge in [-0.05, 0) is 63.0 Å². The van der Waals surface area contributed by atoms with Gasteiger partial charge in [-0.3, -0.25) is 4.79 Å². The summed E-state index contributed by atoms with van der Waals surface area (Å²) < 4.78 is 5.13. The highest BCUT2D eigenvalue weighted by Gasteiger charge is 2.28. The van der Waals surface area contributed by atoms with Crippen LogP contribution in [0.15, 0.2) is 18.2 Å². The number of likely N-dealkylation sites (tertiary alicyclic amines) is 1. The van der Waals surface area contributed by atoms with Gasteiger partial charge in [0, 0.05) is 18.8 Å². The van der Waals surface area contributed by atoms with Crippen molar-refractivity contribution in [1.29, 1.82) is 0 Å². The second kappa shape index (κ2) is 7.58. The van der Waals surface area contributed by atoms with Gasteiger partial charge in [0.1, 0.15) is 0 Å². The molecule has 0 amide bonds. The zero-order valence-corrected chi connectivity index (χ0v) is 14.3. The van der Waals surface area contributed by atoms with Crippen LogP contribution >= 0.6 is 12.2 Å². The van der Waals surface area contributed by atoms with E-state index in [9.17, 15) is 4.79 Å². The van der Waals surface area contributed by atoms with Gasteiger partial charge in [-0.2, -0.15) is 0 Å². The predicted molar refractivity (Wildman–Crippen MR) is 93.1 cm³/mol. The van der Waals surface area contributed by atoms with E-state index >= 15 is 0 Å². The summed E-state index contributed by atoms with van der Waals surface area (Å²) in [5.41, 5.74) is 3.46. The summed E-state index contributed by atoms with van der Waals surface area (Å²) in [6.07, 6.45) is 1.83. The fourth-order valence-corrected chi connectivity index (χ4v) is 2.97. The first kappa shape index (κ1) is 16.7. The summed E-state index contributed by atoms with van der Waals surface area (Å²) in [7, 11) is 0. The van der Waals surface area contributed by atoms with Gasteiger partial charge >= 0.3 is 5.97 Å². The molecule has 0 aliphatic carbocycles. The summed E-state index contributed by atoms with van der Waals surface area (Å²) in [5.74, 6) is -0.186. The molecule has 1 aromatic carbocycles. The number of aryl methyl sites for hydroxylation is 1. The van der Waals surface area contributed by atoms with Gasteiger partial charge in [0.15, 0.2) is 5.11 Å². The highest BCUT2D eigenvalue weighted by atomic mass is 32.1. The molecule has 120 valence electrons. The normalized spacial score (nSPS) is 18.0. The van der Waals surface area contributed by atoms with Crippen LogP contribution in [0.5, 0.6) is 0 Å². The molecule has 1 N–H and O–H groups in total. The molecule has 1 fully saturated rings. The highest BCUT2D eigenvalue weighted by molar-refractivity contribution is 7.80. The van der Waals surface area contributed by atoms with E-state index in [0.717, 1.165) is 25.1 Å². The van der Waals surface area contributed by atoms with Crippen molar-refractivity contribution in [2.24, 2.45) is 5.92 Å². The Balaban J connectivity index is 2.00. The summed E-state index contributed by atoms with van der Waals surface area (Å²) in [6.45, 7) is 7.95. The lowest BCUT2D eigenvalue weighted by Gasteiger charge is -2.33. The van der Waals surface area contributed by atoms with Gasteiger partial charge in [-0.1, -0.05) is 12.1 Å². The molecule has 2 rings (SSSR count). The number of benzene rings is 1. The molecular formula is C17H24N2O2S. The number of carbonyl (C=O) groups excluding carboxylic acids is 1. The minimum atomic E-state index is -0.110. The van der Waals surface area contributed by atoms with Crippen molar-refractivity contribution in [3.8, 4) is 0 Å². The van der Waals surface area contributed by atoms with E-state index in [1.54, 1.807) is 0 Å². The van der Waals surface area contributed by atoms with E-state index in [2.05, 4.69) is 30.1 Å². The number of nitrogens with zero attached hydrogens (tertiary/aromatic N) is 1. The number of rotatable bonds is 3. The van der Waals surface area contributed by atoms with Crippen molar-refractivity contribution in [2.45, 2.75) is 33.6 Å². The molecule has 0 saturated carbocycles. The first-order valence-electron chi connectivity index (χ1n) is 7.81. The van der Waals surface area contributed by atoms with Crippen LogP contribution in [0.4, 0.5) is 5.69 Å². The lowest BCUT2D eigenvalue weighted by Crippen LogP contribution is -2.44. The van der Waals surface area contributed by atoms with Crippen LogP contribution in [0.3, 0.4) is 0 Å². The zero-order chi connectivity index (χ0) is 16.1. The summed E-state index contributed by atoms with van der Waals surface area (Å²) in [6, 6.07) is 6.13. The average molecular weight is 320 g/mol. The van der Waals surface area contributed by atoms with Gasteiger partial charge in [0.25, 0.3) is 0 Å². The molecule has 22 heavy (non-hydrogen) atoms. The third-order valence-corrected chi connectivity index (χ3v) is 4.54. The second-order valence-electron chi connectivity index (χ2n) is 5.71. The van der Waals surface area contributed by atoms with E-state index < -0.39 is 0 Å². The maximum absolute atomic E-state index is 11.9. The Bertz CT molecular complexity index is 560. The minimum Gasteiger partial charge on any atom is -0.466 e. The first-order chi connectivity index (χ1) is 10.5. The smallest absolute Gasteiger partial charge is 0.310 e. The maximum atomic E-state index is 11.9. The highest BCUT2D eigenvalue weighted by Crippen LogP contribution is 2.21. The van der Waals surface area contributed by atoms with Gasteiger partial charge < -0.3 is 15.0 Å². The fraction of sp³-hybridized carbons (Fsp3) is 0.529. The van der Waals surface area contributed by atoms with E-state index in [4.69, 9.17) is 17.0 Å². The number of anilines is 1. The van der Waals surface area contributed by atoms with Gasteiger partial charge in [-0.15, -0.1) is 0 Å². The van der Waals surface area contributed by atoms with Crippen molar-refractivity contribution in [1.82, 2.24) is 4.90 Å². The molecule has 0 bridgehead atoms. The quantitative estimate of drug-likeness (QED) is 0.684. The van der Waals surface area contributed by atoms with Crippen molar-refractivity contribution >= 4 is 29.0 Å². The summed E-state index contributed by atoms with van der Waals surface area (Å²) in [4.78, 5) is 14.0. The van der Waals surface area contributed by atoms with E-state index in [0.29, 0.717) is 18.3 Å². The molecule has 0 radical (unpaired) electrons. The molecule has 5 heteroatoms. The minimum absolute atomic E-state index is 0.0768. The van der Waals surface area contributed by atoms with Crippen molar-refractivity contribution < 1.29 is 9.53 Å². The number of hydrogen-bond donors (Lipinski definition) is 1. The number of ether oxygens (including phenoxy) is 1. The van der Waals surface area contributed by atoms with E-state index in [1.165, 1.54) is 11.1 Å². The fourth-order valence-electron chi connectivity index (χ4n) is 2.69. The molecule has 4 nitrogen and oxygen atoms in total. The number of esters is 1. The monoisotopic (exact) mass is 320 g/mol. The topological polar surface area (TPSA) is 41.6 Å². The molecule has 1 heterocycles. The molecular weight excluding hydrogens is 296 g/mol. The lowest BCUT2D eigenvalue weighted by molar-refractivity contribution is -0.149. The molecule has 1 aliphatic rings. The molecule has 1 atom stereocenters. The Hall–Kier alpha value is -1.62. The van der Waals surface area contributed by atoms with Crippen molar-refractivity contribution in [2.75, 3.05) is 25.0 Å². The Kier molecular flexibility index (Phi) is 5.77. The third kappa shape index (κ3) is 3.97. The summed E-state index contributed by atoms with van der Waals surface area (Å²) >= 11 is 5.53. The van der Waals surface area contributed by atoms with Crippen LogP contribution in [0.2, 0.25) is 0 Å². The predicted octanol–water partition coefficient (Wildman–Crippen LogP) is 3.28. The zero-order valence-electron chi connectivity index (χ0n) is 13.5. The van der Waals surface area contributed by atoms with E-state index in [1.807, 2.05) is 19.1 Å². The van der Waals surface area contributed by atoms with Crippen LogP contribution in [0.1, 0.15) is 30.9 Å². The Morgan fingerprint density at radius 3 is 2.95 bits per heavy atom. The number of carbonyl (C=O) groups is 1. The first-order valence-corrected chi connectivity index (χ1v) is 8.22. The largest absolute Gasteiger partial charge is 0.466 e. The van der Waals surface area contributed by atoms with Gasteiger partial charge in [-0.25, -0.2) is 0 Å². The molecule has 0 spiro atoms. The SMILES string of the molecule is CCOC(=O)[C@H]1CCCN(C(=S)Nc2cccc(C)c2C)C1. The Labute approximate surface area is 137 Å². The van der Waals surface area contributed by atoms with E-state index in [-0.39, 0.29) is 11.9 Å². The molecule has 1 saturated heterocycles. The standard InChI is InChI=1S/C17H24N2O2S/c1-4-21-16(20)14-8-6-10-19(11-14)17(22)18-15-9-5-7-12(2)13(15)3/h5,7,9,14H,4,6,8,10-11H2,1-3H3,(H,18,22)/t14-/m0/s1. The van der Waals surface area contributed by atoms with Crippen molar-refractivity contribution in [3.63, 3.8) is 0 Å². The molecule has 0 aromatic heterocycles. The number of piperidine rings is 1. The van der Waals surface area contributed by atoms with Crippen molar-refractivity contribution in [3.05, 3.63) is 29.3 Å². The second-order valence-corrected chi connectivity index (χ2v) is 6.10. The van der Waals surface area contributed by atoms with Crippen LogP contribution in [0, 0.1) is 19.8 Å². The summed E-state index contributed by atoms with van der Waals surface area (Å²) in [5, 5.41) is 4.00. The molecule has 1 aromatic rings. The van der Waals surface area contributed by atoms with Crippen LogP contribution in [-0.2, 0) is 9.53 Å². The maximum Gasteiger partial charge on any atom is 0.310 e. The van der Waals surface area contributed by atoms with Crippen LogP contribution in [0.25, 0.3) is 0 Å². The average Bonchev–Trinajstić information content (AvgIpc) is 2.52. The van der Waals surface area contributed by atoms with Gasteiger partial charge in [0.2, 0.25) is 0 Å². The Morgan fingerprint density at radius 2 is 2.23 bits per heavy atom. The third-order valence-electron chi connectivity index (χ3n) is 4.17. The number of hydrogen-bond acceptors (Lipinski definition) is 3. The number of thiocarbonyl (C=S) groups is 1. The Morgan fingerprint density at radius 1 is 1.45 bits per heavy atom. The van der Waals surface area contributed by atoms with Crippen LogP contribution < -0.4 is 5.32 Å². The van der Waals surface area contributed by atoms with Crippen LogP contribution in [-0.4, -0.2) is 35.7 Å². The molecule has 1 aliphatic heterocycles. The lowest BCUT2D eigenvalue weighted by atomic mass is 9.98. The van der Waals surface area contributed by atoms with Gasteiger partial charge in [0.05, 0.1) is 12.5 Å².